The zero-order valence-electron chi connectivity index (χ0n) is 46.4. The fourth-order valence-corrected chi connectivity index (χ4v) is 10.8. The lowest BCUT2D eigenvalue weighted by molar-refractivity contribution is -0.861. The van der Waals surface area contributed by atoms with Gasteiger partial charge in [0.1, 0.15) is 16.4 Å². The smallest absolute Gasteiger partial charge is 0.278 e. The minimum absolute atomic E-state index is 0.103. The second kappa shape index (κ2) is 22.2. The fraction of sp³-hybridized carbons (Fsp3) is 0.390. The maximum atomic E-state index is 13.4. The van der Waals surface area contributed by atoms with E-state index >= 15 is 0 Å². The standard InChI is InChI=1S/C30H36N8O3.C29H34N8O2/c1-30(40)12-5-4-6-13-37-28(39)23-19-31-29(34-27(23)38(37)26-9-7-8-25(30)33-26)32-22-10-11-24(21(18-22)20-41-3)36-16-14-35(2)15-17-36;1-29(2)14-5-4-6-15-35-27(38)23-20-30-28(33-26(23)36(35)25-9-7-8-24(29)32-25)31-21-10-12-22(13-11-21)34-16-18-37(3,39)19-17-34/h4,6-11,18-19,40H,5,12-17,20H2,1-3H3,(H,31,32,34);4,6-13,20H,5,14-19H2,1-3H3,(H,30,31,33)/b2*6-4-. The van der Waals surface area contributed by atoms with Gasteiger partial charge in [-0.1, -0.05) is 50.3 Å². The van der Waals surface area contributed by atoms with Crippen molar-refractivity contribution in [2.45, 2.75) is 77.2 Å². The highest BCUT2D eigenvalue weighted by atomic mass is 16.5. The largest absolute Gasteiger partial charge is 0.633 e. The molecule has 2 aromatic carbocycles. The Morgan fingerprint density at radius 1 is 0.662 bits per heavy atom. The number of rotatable bonds is 8. The molecule has 1 unspecified atom stereocenters. The van der Waals surface area contributed by atoms with E-state index in [9.17, 15) is 19.9 Å². The van der Waals surface area contributed by atoms with Gasteiger partial charge in [0.25, 0.3) is 11.1 Å². The third kappa shape index (κ3) is 11.2. The van der Waals surface area contributed by atoms with Crippen molar-refractivity contribution in [2.24, 2.45) is 0 Å². The highest BCUT2D eigenvalue weighted by Crippen LogP contribution is 2.32. The summed E-state index contributed by atoms with van der Waals surface area (Å²) in [7, 11) is 5.58. The van der Waals surface area contributed by atoms with Gasteiger partial charge in [-0.2, -0.15) is 9.97 Å². The number of ether oxygens (including phenoxy) is 1. The first-order chi connectivity index (χ1) is 38.5. The molecule has 8 aromatic rings. The second-order valence-corrected chi connectivity index (χ2v) is 22.3. The predicted molar refractivity (Wildman–Crippen MR) is 313 cm³/mol. The topological polar surface area (TPSA) is 217 Å². The highest BCUT2D eigenvalue weighted by Gasteiger charge is 2.28. The van der Waals surface area contributed by atoms with Crippen molar-refractivity contribution in [3.8, 4) is 11.6 Å². The summed E-state index contributed by atoms with van der Waals surface area (Å²) in [5.41, 5.74) is 5.92. The Balaban J connectivity index is 0.000000169. The molecule has 6 aromatic heterocycles. The first-order valence-electron chi connectivity index (χ1n) is 27.5. The molecule has 0 amide bonds. The van der Waals surface area contributed by atoms with Crippen LogP contribution in [0.5, 0.6) is 0 Å². The normalized spacial score (nSPS) is 19.9. The molecule has 21 nitrogen and oxygen atoms in total. The number of nitrogens with zero attached hydrogens (tertiary/aromatic N) is 14. The number of nitrogens with one attached hydrogen (secondary N) is 2. The zero-order valence-corrected chi connectivity index (χ0v) is 46.4. The molecule has 12 rings (SSSR count). The molecule has 3 N–H and O–H groups in total. The Morgan fingerprint density at radius 2 is 1.21 bits per heavy atom. The number of allylic oxidation sites excluding steroid dienone is 4. The first-order valence-corrected chi connectivity index (χ1v) is 27.5. The molecule has 10 heterocycles. The van der Waals surface area contributed by atoms with Crippen LogP contribution >= 0.6 is 0 Å². The minimum Gasteiger partial charge on any atom is -0.633 e. The summed E-state index contributed by atoms with van der Waals surface area (Å²) in [4.78, 5) is 62.1. The van der Waals surface area contributed by atoms with Crippen molar-refractivity contribution in [1.82, 2.24) is 53.5 Å². The van der Waals surface area contributed by atoms with Gasteiger partial charge in [0.05, 0.1) is 58.6 Å². The van der Waals surface area contributed by atoms with Crippen molar-refractivity contribution < 1.29 is 14.5 Å². The Labute approximate surface area is 464 Å². The van der Waals surface area contributed by atoms with Crippen LogP contribution in [0.2, 0.25) is 0 Å². The molecule has 4 bridgehead atoms. The van der Waals surface area contributed by atoms with Gasteiger partial charge < -0.3 is 45.0 Å². The maximum absolute atomic E-state index is 13.4. The lowest BCUT2D eigenvalue weighted by Gasteiger charge is -2.45. The number of likely N-dealkylation sites (N-methyl/N-ethyl adjacent to an activating group) is 2. The number of piperazine rings is 2. The van der Waals surface area contributed by atoms with E-state index in [1.54, 1.807) is 47.5 Å². The molecule has 2 fully saturated rings. The van der Waals surface area contributed by atoms with Crippen LogP contribution in [0, 0.1) is 5.21 Å². The van der Waals surface area contributed by atoms with E-state index < -0.39 is 5.60 Å². The van der Waals surface area contributed by atoms with E-state index in [1.165, 1.54) is 5.69 Å². The second-order valence-electron chi connectivity index (χ2n) is 22.3. The molecule has 4 aliphatic heterocycles. The van der Waals surface area contributed by atoms with Crippen molar-refractivity contribution >= 4 is 56.7 Å². The van der Waals surface area contributed by atoms with Crippen molar-refractivity contribution in [2.75, 3.05) is 94.0 Å². The van der Waals surface area contributed by atoms with Crippen molar-refractivity contribution in [3.05, 3.63) is 158 Å². The summed E-state index contributed by atoms with van der Waals surface area (Å²) in [6, 6.07) is 25.7. The number of aromatic nitrogens is 10. The molecule has 4 aliphatic rings. The van der Waals surface area contributed by atoms with Crippen LogP contribution in [0.4, 0.5) is 34.6 Å². The number of benzene rings is 2. The third-order valence-electron chi connectivity index (χ3n) is 15.8. The molecule has 2 saturated heterocycles. The molecule has 0 radical (unpaired) electrons. The van der Waals surface area contributed by atoms with Gasteiger partial charge >= 0.3 is 0 Å². The minimum atomic E-state index is -1.10. The van der Waals surface area contributed by atoms with Gasteiger partial charge in [0.15, 0.2) is 22.9 Å². The average molecular weight is 1080 g/mol. The molecule has 21 heteroatoms. The van der Waals surface area contributed by atoms with E-state index in [0.717, 1.165) is 80.4 Å². The number of hydroxylamine groups is 3. The highest BCUT2D eigenvalue weighted by molar-refractivity contribution is 5.78. The van der Waals surface area contributed by atoms with Crippen LogP contribution in [0.15, 0.2) is 125 Å². The molecular formula is C59H70N16O5. The molecule has 0 spiro atoms. The molecule has 416 valence electrons. The van der Waals surface area contributed by atoms with E-state index in [-0.39, 0.29) is 21.2 Å². The Bertz CT molecular complexity index is 3730. The van der Waals surface area contributed by atoms with Gasteiger partial charge in [-0.15, -0.1) is 0 Å². The summed E-state index contributed by atoms with van der Waals surface area (Å²) in [6.07, 6.45) is 14.3. The number of aliphatic hydroxyl groups is 1. The summed E-state index contributed by atoms with van der Waals surface area (Å²) >= 11 is 0. The molecule has 80 heavy (non-hydrogen) atoms. The number of quaternary nitrogens is 1. The van der Waals surface area contributed by atoms with Crippen LogP contribution in [0.25, 0.3) is 33.7 Å². The van der Waals surface area contributed by atoms with Crippen LogP contribution in [-0.2, 0) is 35.4 Å². The molecule has 1 atom stereocenters. The molecule has 0 saturated carbocycles. The van der Waals surface area contributed by atoms with E-state index in [0.29, 0.717) is 96.9 Å². The van der Waals surface area contributed by atoms with Crippen molar-refractivity contribution in [1.29, 1.82) is 0 Å². The van der Waals surface area contributed by atoms with Gasteiger partial charge in [-0.05, 0) is 106 Å². The number of methoxy groups -OCH3 is 1. The summed E-state index contributed by atoms with van der Waals surface area (Å²) in [5.74, 6) is 1.93. The Morgan fingerprint density at radius 3 is 1.81 bits per heavy atom. The third-order valence-corrected chi connectivity index (χ3v) is 15.8. The molecular weight excluding hydrogens is 1010 g/mol. The van der Waals surface area contributed by atoms with Gasteiger partial charge in [0, 0.05) is 85.1 Å². The Kier molecular flexibility index (Phi) is 15.0. The maximum Gasteiger partial charge on any atom is 0.278 e. The first kappa shape index (κ1) is 53.9. The van der Waals surface area contributed by atoms with E-state index in [1.807, 2.05) is 89.6 Å². The van der Waals surface area contributed by atoms with Crippen LogP contribution in [0.3, 0.4) is 0 Å². The zero-order chi connectivity index (χ0) is 55.8. The van der Waals surface area contributed by atoms with Gasteiger partial charge in [-0.25, -0.2) is 38.7 Å². The van der Waals surface area contributed by atoms with E-state index in [4.69, 9.17) is 24.7 Å². The summed E-state index contributed by atoms with van der Waals surface area (Å²) < 4.78 is 12.1. The number of hydrogen-bond donors (Lipinski definition) is 3. The van der Waals surface area contributed by atoms with Crippen LogP contribution in [0.1, 0.15) is 63.4 Å². The van der Waals surface area contributed by atoms with Crippen LogP contribution in [-0.4, -0.2) is 137 Å². The Hall–Kier alpha value is -8.08. The number of anilines is 6. The number of hydrogen-bond acceptors (Lipinski definition) is 16. The number of fused-ring (bicyclic) bond motifs is 12. The number of pyridine rings is 2. The predicted octanol–water partition coefficient (Wildman–Crippen LogP) is 7.29. The van der Waals surface area contributed by atoms with Gasteiger partial charge in [0.2, 0.25) is 11.9 Å². The quantitative estimate of drug-likeness (QED) is 0.0773. The van der Waals surface area contributed by atoms with Crippen LogP contribution < -0.4 is 31.6 Å². The van der Waals surface area contributed by atoms with E-state index in [2.05, 4.69) is 74.4 Å². The van der Waals surface area contributed by atoms with Gasteiger partial charge in [-0.3, -0.25) is 9.59 Å². The lowest BCUT2D eigenvalue weighted by atomic mass is 9.84. The fourth-order valence-electron chi connectivity index (χ4n) is 10.8. The van der Waals surface area contributed by atoms with Crippen molar-refractivity contribution in [3.63, 3.8) is 0 Å². The SMILES string of the molecule is CC1(C)CC/C=C\Cn2c(=O)c3cnc(Nc4ccc(N5CC[N+](C)([O-])CC5)cc4)nc3n2-c2cccc1n2.COCc1cc(Nc2ncc3c(=O)n4n(c3n2)-c2cccc(n2)C(C)(O)CC/C=C\C4)ccc1N1CCN(C)CC1. The monoisotopic (exact) mass is 1080 g/mol. The average Bonchev–Trinajstić information content (AvgIpc) is 3.98. The molecule has 0 aliphatic carbocycles. The lowest BCUT2D eigenvalue weighted by Crippen LogP contribution is -2.53. The summed E-state index contributed by atoms with van der Waals surface area (Å²) in [6.45, 7) is 14.0. The summed E-state index contributed by atoms with van der Waals surface area (Å²) in [5, 5.41) is 30.7.